The molecule has 0 atom stereocenters. The first kappa shape index (κ1) is 9.93. The lowest BCUT2D eigenvalue weighted by Gasteiger charge is -1.98. The van der Waals surface area contributed by atoms with Gasteiger partial charge in [0.1, 0.15) is 6.20 Å². The molecule has 1 aromatic heterocycles. The van der Waals surface area contributed by atoms with Gasteiger partial charge in [-0.15, -0.1) is 0 Å². The molecule has 2 rings (SSSR count). The van der Waals surface area contributed by atoms with Gasteiger partial charge in [-0.2, -0.15) is 0 Å². The molecule has 2 aromatic rings. The Morgan fingerprint density at radius 3 is 2.53 bits per heavy atom. The largest absolute Gasteiger partial charge is 0.368 e. The summed E-state index contributed by atoms with van der Waals surface area (Å²) in [5.41, 5.74) is 1.56. The normalized spacial score (nSPS) is 10.3. The standard InChI is InChI=1S/C11H10ClN2O/c1-8-6-7-13-11(14(8)15)9-2-4-10(12)5-3-9/h2-7,15H,1H3/q+1. The van der Waals surface area contributed by atoms with Crippen molar-refractivity contribution in [3.63, 3.8) is 0 Å². The van der Waals surface area contributed by atoms with Crippen molar-refractivity contribution in [2.75, 3.05) is 0 Å². The zero-order valence-electron chi connectivity index (χ0n) is 8.18. The van der Waals surface area contributed by atoms with Crippen molar-refractivity contribution in [2.45, 2.75) is 6.92 Å². The van der Waals surface area contributed by atoms with Crippen molar-refractivity contribution < 1.29 is 9.94 Å². The van der Waals surface area contributed by atoms with Crippen molar-refractivity contribution in [3.8, 4) is 11.4 Å². The molecule has 15 heavy (non-hydrogen) atoms. The molecule has 0 bridgehead atoms. The Balaban J connectivity index is 2.54. The summed E-state index contributed by atoms with van der Waals surface area (Å²) in [5.74, 6) is 0.506. The van der Waals surface area contributed by atoms with E-state index >= 15 is 0 Å². The zero-order valence-corrected chi connectivity index (χ0v) is 8.94. The van der Waals surface area contributed by atoms with E-state index < -0.39 is 0 Å². The monoisotopic (exact) mass is 221 g/mol. The Labute approximate surface area is 92.6 Å². The molecule has 0 aliphatic rings. The summed E-state index contributed by atoms with van der Waals surface area (Å²) in [6.07, 6.45) is 1.66. The van der Waals surface area contributed by atoms with E-state index in [0.717, 1.165) is 16.0 Å². The molecule has 0 amide bonds. The minimum absolute atomic E-state index is 0.506. The highest BCUT2D eigenvalue weighted by molar-refractivity contribution is 6.30. The molecule has 76 valence electrons. The molecule has 0 aliphatic carbocycles. The summed E-state index contributed by atoms with van der Waals surface area (Å²) < 4.78 is 1.06. The second kappa shape index (κ2) is 3.87. The van der Waals surface area contributed by atoms with Crippen LogP contribution in [0.3, 0.4) is 0 Å². The van der Waals surface area contributed by atoms with Crippen LogP contribution in [0.15, 0.2) is 36.5 Å². The van der Waals surface area contributed by atoms with E-state index in [4.69, 9.17) is 11.6 Å². The molecule has 0 saturated carbocycles. The lowest BCUT2D eigenvalue weighted by atomic mass is 10.2. The number of benzene rings is 1. The molecule has 4 heteroatoms. The highest BCUT2D eigenvalue weighted by atomic mass is 35.5. The number of halogens is 1. The SMILES string of the molecule is Cc1ccnc(-c2ccc(Cl)cc2)[n+]1O. The smallest absolute Gasteiger partial charge is 0.349 e. The van der Waals surface area contributed by atoms with Gasteiger partial charge in [-0.1, -0.05) is 11.6 Å². The topological polar surface area (TPSA) is 37.0 Å². The van der Waals surface area contributed by atoms with Gasteiger partial charge in [-0.3, -0.25) is 0 Å². The molecule has 1 heterocycles. The summed E-state index contributed by atoms with van der Waals surface area (Å²) in [5, 5.41) is 10.4. The third-order valence-corrected chi connectivity index (χ3v) is 2.40. The van der Waals surface area contributed by atoms with Crippen LogP contribution >= 0.6 is 11.6 Å². The van der Waals surface area contributed by atoms with Gasteiger partial charge in [-0.25, -0.2) is 0 Å². The van der Waals surface area contributed by atoms with Crippen LogP contribution in [0.25, 0.3) is 11.4 Å². The fraction of sp³-hybridized carbons (Fsp3) is 0.0909. The second-order valence-electron chi connectivity index (χ2n) is 3.23. The molecular weight excluding hydrogens is 212 g/mol. The predicted octanol–water partition coefficient (Wildman–Crippen LogP) is 2.24. The van der Waals surface area contributed by atoms with Gasteiger partial charge in [0.25, 0.3) is 0 Å². The first-order chi connectivity index (χ1) is 7.18. The van der Waals surface area contributed by atoms with E-state index in [2.05, 4.69) is 4.98 Å². The Morgan fingerprint density at radius 2 is 1.87 bits per heavy atom. The number of hydrogen-bond acceptors (Lipinski definition) is 2. The van der Waals surface area contributed by atoms with Crippen LogP contribution in [0.2, 0.25) is 5.02 Å². The molecular formula is C11H10ClN2O+. The highest BCUT2D eigenvalue weighted by Crippen LogP contribution is 2.16. The van der Waals surface area contributed by atoms with Crippen molar-refractivity contribution in [1.29, 1.82) is 0 Å². The van der Waals surface area contributed by atoms with E-state index in [1.807, 2.05) is 12.1 Å². The molecule has 0 spiro atoms. The molecule has 0 fully saturated rings. The van der Waals surface area contributed by atoms with E-state index in [-0.39, 0.29) is 0 Å². The zero-order chi connectivity index (χ0) is 10.8. The van der Waals surface area contributed by atoms with Crippen LogP contribution < -0.4 is 4.73 Å². The third kappa shape index (κ3) is 1.92. The summed E-state index contributed by atoms with van der Waals surface area (Å²) >= 11 is 5.78. The summed E-state index contributed by atoms with van der Waals surface area (Å²) in [4.78, 5) is 4.11. The summed E-state index contributed by atoms with van der Waals surface area (Å²) in [7, 11) is 0. The Bertz CT molecular complexity index is 482. The van der Waals surface area contributed by atoms with Gasteiger partial charge in [0.2, 0.25) is 0 Å². The molecule has 0 unspecified atom stereocenters. The fourth-order valence-electron chi connectivity index (χ4n) is 1.30. The lowest BCUT2D eigenvalue weighted by Crippen LogP contribution is -2.37. The molecule has 1 N–H and O–H groups in total. The molecule has 0 aliphatic heterocycles. The third-order valence-electron chi connectivity index (χ3n) is 2.15. The summed E-state index contributed by atoms with van der Waals surface area (Å²) in [6, 6.07) is 8.90. The summed E-state index contributed by atoms with van der Waals surface area (Å²) in [6.45, 7) is 1.81. The van der Waals surface area contributed by atoms with Gasteiger partial charge in [-0.05, 0) is 34.0 Å². The van der Waals surface area contributed by atoms with Crippen LogP contribution in [-0.4, -0.2) is 10.2 Å². The van der Waals surface area contributed by atoms with E-state index in [0.29, 0.717) is 10.8 Å². The molecule has 0 radical (unpaired) electrons. The van der Waals surface area contributed by atoms with Crippen LogP contribution in [0.1, 0.15) is 5.69 Å². The Hall–Kier alpha value is -1.61. The average molecular weight is 222 g/mol. The minimum Gasteiger partial charge on any atom is -0.349 e. The molecule has 1 aromatic carbocycles. The Kier molecular flexibility index (Phi) is 2.56. The first-order valence-corrected chi connectivity index (χ1v) is 4.89. The maximum atomic E-state index is 9.74. The van der Waals surface area contributed by atoms with E-state index in [1.165, 1.54) is 0 Å². The predicted molar refractivity (Wildman–Crippen MR) is 56.8 cm³/mol. The van der Waals surface area contributed by atoms with Crippen molar-refractivity contribution in [3.05, 3.63) is 47.2 Å². The van der Waals surface area contributed by atoms with Crippen molar-refractivity contribution >= 4 is 11.6 Å². The average Bonchev–Trinajstić information content (AvgIpc) is 2.24. The number of hydrogen-bond donors (Lipinski definition) is 1. The number of rotatable bonds is 1. The highest BCUT2D eigenvalue weighted by Gasteiger charge is 2.15. The quantitative estimate of drug-likeness (QED) is 0.592. The molecule has 0 saturated heterocycles. The lowest BCUT2D eigenvalue weighted by molar-refractivity contribution is -0.901. The molecule has 3 nitrogen and oxygen atoms in total. The maximum Gasteiger partial charge on any atom is 0.368 e. The number of aryl methyl sites for hydroxylation is 1. The Morgan fingerprint density at radius 1 is 1.20 bits per heavy atom. The van der Waals surface area contributed by atoms with Crippen LogP contribution in [0.4, 0.5) is 0 Å². The van der Waals surface area contributed by atoms with E-state index in [9.17, 15) is 5.21 Å². The fourth-order valence-corrected chi connectivity index (χ4v) is 1.43. The van der Waals surface area contributed by atoms with Gasteiger partial charge in [0.05, 0.1) is 5.56 Å². The van der Waals surface area contributed by atoms with Crippen molar-refractivity contribution in [2.24, 2.45) is 0 Å². The minimum atomic E-state index is 0.506. The number of aromatic nitrogens is 2. The maximum absolute atomic E-state index is 9.74. The van der Waals surface area contributed by atoms with Gasteiger partial charge >= 0.3 is 5.82 Å². The van der Waals surface area contributed by atoms with Gasteiger partial charge in [0.15, 0.2) is 5.69 Å². The second-order valence-corrected chi connectivity index (χ2v) is 3.66. The van der Waals surface area contributed by atoms with E-state index in [1.54, 1.807) is 31.3 Å². The van der Waals surface area contributed by atoms with Crippen LogP contribution in [-0.2, 0) is 0 Å². The van der Waals surface area contributed by atoms with Crippen molar-refractivity contribution in [1.82, 2.24) is 4.98 Å². The van der Waals surface area contributed by atoms with Gasteiger partial charge in [0, 0.05) is 18.0 Å². The first-order valence-electron chi connectivity index (χ1n) is 4.51. The van der Waals surface area contributed by atoms with Crippen LogP contribution in [0.5, 0.6) is 0 Å². The van der Waals surface area contributed by atoms with Gasteiger partial charge < -0.3 is 5.21 Å². The van der Waals surface area contributed by atoms with Crippen LogP contribution in [0, 0.1) is 6.92 Å². The number of nitrogens with zero attached hydrogens (tertiary/aromatic N) is 2.